The van der Waals surface area contributed by atoms with Crippen LogP contribution in [0.5, 0.6) is 0 Å². The van der Waals surface area contributed by atoms with Crippen LogP contribution < -0.4 is 16.2 Å². The molecule has 6 heteroatoms. The van der Waals surface area contributed by atoms with Gasteiger partial charge < -0.3 is 5.32 Å². The van der Waals surface area contributed by atoms with Gasteiger partial charge in [-0.1, -0.05) is 29.8 Å². The molecular weight excluding hydrogens is 297 g/mol. The van der Waals surface area contributed by atoms with Crippen LogP contribution in [0.15, 0.2) is 48.5 Å². The van der Waals surface area contributed by atoms with E-state index in [1.807, 2.05) is 31.2 Å². The lowest BCUT2D eigenvalue weighted by Crippen LogP contribution is -2.42. The number of aryl methyl sites for hydroxylation is 1. The highest BCUT2D eigenvalue weighted by atomic mass is 19.1. The number of hydrazine groups is 1. The predicted octanol–water partition coefficient (Wildman–Crippen LogP) is 1.61. The summed E-state index contributed by atoms with van der Waals surface area (Å²) >= 11 is 0. The van der Waals surface area contributed by atoms with E-state index in [4.69, 9.17) is 0 Å². The number of rotatable bonds is 3. The standard InChI is InChI=1S/C17H16FN3O2/c1-10-2-4-11(5-3-10)14-15(17(23)21-20-14)19-16(22)12-6-8-13(18)9-7-12/h2-9,14-15,20H,1H3,(H,19,22)(H,21,23)/t14-,15+/m0/s1. The van der Waals surface area contributed by atoms with E-state index in [-0.39, 0.29) is 11.9 Å². The van der Waals surface area contributed by atoms with E-state index in [2.05, 4.69) is 16.2 Å². The maximum absolute atomic E-state index is 12.9. The van der Waals surface area contributed by atoms with Crippen molar-refractivity contribution in [3.8, 4) is 0 Å². The van der Waals surface area contributed by atoms with E-state index < -0.39 is 17.8 Å². The van der Waals surface area contributed by atoms with Gasteiger partial charge in [-0.3, -0.25) is 15.0 Å². The lowest BCUT2D eigenvalue weighted by molar-refractivity contribution is -0.121. The molecule has 1 aliphatic rings. The first kappa shape index (κ1) is 15.2. The van der Waals surface area contributed by atoms with E-state index in [1.54, 1.807) is 0 Å². The number of hydrogen-bond donors (Lipinski definition) is 3. The summed E-state index contributed by atoms with van der Waals surface area (Å²) in [4.78, 5) is 24.2. The molecule has 23 heavy (non-hydrogen) atoms. The minimum absolute atomic E-state index is 0.300. The molecule has 0 unspecified atom stereocenters. The number of carbonyl (C=O) groups is 2. The summed E-state index contributed by atoms with van der Waals surface area (Å²) in [5, 5.41) is 2.69. The van der Waals surface area contributed by atoms with Crippen molar-refractivity contribution >= 4 is 11.8 Å². The quantitative estimate of drug-likeness (QED) is 0.806. The van der Waals surface area contributed by atoms with Gasteiger partial charge in [-0.15, -0.1) is 0 Å². The lowest BCUT2D eigenvalue weighted by Gasteiger charge is -2.18. The first-order valence-electron chi connectivity index (χ1n) is 7.23. The molecule has 0 aromatic heterocycles. The van der Waals surface area contributed by atoms with Gasteiger partial charge in [-0.2, -0.15) is 0 Å². The van der Waals surface area contributed by atoms with Crippen molar-refractivity contribution in [2.75, 3.05) is 0 Å². The zero-order valence-electron chi connectivity index (χ0n) is 12.5. The summed E-state index contributed by atoms with van der Waals surface area (Å²) in [7, 11) is 0. The second-order valence-electron chi connectivity index (χ2n) is 5.48. The first-order valence-corrected chi connectivity index (χ1v) is 7.23. The highest BCUT2D eigenvalue weighted by molar-refractivity contribution is 5.98. The minimum Gasteiger partial charge on any atom is -0.338 e. The highest BCUT2D eigenvalue weighted by Crippen LogP contribution is 2.21. The Morgan fingerprint density at radius 1 is 1.09 bits per heavy atom. The Balaban J connectivity index is 1.78. The number of amides is 2. The van der Waals surface area contributed by atoms with Crippen LogP contribution in [0.1, 0.15) is 27.5 Å². The van der Waals surface area contributed by atoms with Crippen molar-refractivity contribution in [1.29, 1.82) is 0 Å². The Morgan fingerprint density at radius 3 is 2.39 bits per heavy atom. The molecule has 0 aliphatic carbocycles. The third-order valence-corrected chi connectivity index (χ3v) is 3.80. The molecule has 1 heterocycles. The lowest BCUT2D eigenvalue weighted by atomic mass is 9.99. The molecule has 2 aromatic carbocycles. The van der Waals surface area contributed by atoms with Crippen LogP contribution in [0.4, 0.5) is 4.39 Å². The molecule has 0 radical (unpaired) electrons. The number of hydrogen-bond acceptors (Lipinski definition) is 3. The third-order valence-electron chi connectivity index (χ3n) is 3.80. The number of benzene rings is 2. The van der Waals surface area contributed by atoms with Crippen molar-refractivity contribution in [2.45, 2.75) is 19.0 Å². The molecule has 2 amide bonds. The topological polar surface area (TPSA) is 70.2 Å². The summed E-state index contributed by atoms with van der Waals surface area (Å²) in [5.74, 6) is -1.16. The van der Waals surface area contributed by atoms with E-state index in [1.165, 1.54) is 24.3 Å². The zero-order chi connectivity index (χ0) is 16.4. The predicted molar refractivity (Wildman–Crippen MR) is 82.9 cm³/mol. The summed E-state index contributed by atoms with van der Waals surface area (Å²) in [6.45, 7) is 1.98. The van der Waals surface area contributed by atoms with Gasteiger partial charge in [0.1, 0.15) is 11.9 Å². The van der Waals surface area contributed by atoms with Gasteiger partial charge in [0.05, 0.1) is 6.04 Å². The highest BCUT2D eigenvalue weighted by Gasteiger charge is 2.36. The van der Waals surface area contributed by atoms with Crippen LogP contribution in [0.3, 0.4) is 0 Å². The molecule has 2 aromatic rings. The van der Waals surface area contributed by atoms with E-state index in [0.29, 0.717) is 5.56 Å². The van der Waals surface area contributed by atoms with E-state index in [9.17, 15) is 14.0 Å². The van der Waals surface area contributed by atoms with Crippen LogP contribution in [-0.2, 0) is 4.79 Å². The molecule has 118 valence electrons. The van der Waals surface area contributed by atoms with Gasteiger partial charge in [0, 0.05) is 5.56 Å². The minimum atomic E-state index is -0.741. The zero-order valence-corrected chi connectivity index (χ0v) is 12.5. The second kappa shape index (κ2) is 6.18. The first-order chi connectivity index (χ1) is 11.0. The molecule has 1 aliphatic heterocycles. The fourth-order valence-electron chi connectivity index (χ4n) is 2.49. The molecule has 1 fully saturated rings. The van der Waals surface area contributed by atoms with Crippen molar-refractivity contribution in [1.82, 2.24) is 16.2 Å². The van der Waals surface area contributed by atoms with Crippen LogP contribution in [0.25, 0.3) is 0 Å². The van der Waals surface area contributed by atoms with Crippen molar-refractivity contribution in [2.24, 2.45) is 0 Å². The summed E-state index contributed by atoms with van der Waals surface area (Å²) in [5.41, 5.74) is 7.72. The monoisotopic (exact) mass is 313 g/mol. The fraction of sp³-hybridized carbons (Fsp3) is 0.176. The normalized spacial score (nSPS) is 20.2. The fourth-order valence-corrected chi connectivity index (χ4v) is 2.49. The van der Waals surface area contributed by atoms with Crippen LogP contribution in [-0.4, -0.2) is 17.9 Å². The maximum Gasteiger partial charge on any atom is 0.258 e. The number of carbonyl (C=O) groups excluding carboxylic acids is 2. The molecule has 3 N–H and O–H groups in total. The van der Waals surface area contributed by atoms with Crippen molar-refractivity contribution < 1.29 is 14.0 Å². The van der Waals surface area contributed by atoms with Gasteiger partial charge >= 0.3 is 0 Å². The largest absolute Gasteiger partial charge is 0.338 e. The van der Waals surface area contributed by atoms with Gasteiger partial charge in [-0.05, 0) is 36.8 Å². The number of halogens is 1. The molecule has 0 saturated carbocycles. The molecular formula is C17H16FN3O2. The molecule has 1 saturated heterocycles. The molecule has 5 nitrogen and oxygen atoms in total. The number of nitrogens with one attached hydrogen (secondary N) is 3. The van der Waals surface area contributed by atoms with E-state index >= 15 is 0 Å². The van der Waals surface area contributed by atoms with Gasteiger partial charge in [0.2, 0.25) is 0 Å². The summed E-state index contributed by atoms with van der Waals surface area (Å²) in [6.07, 6.45) is 0. The summed E-state index contributed by atoms with van der Waals surface area (Å²) in [6, 6.07) is 11.8. The Labute approximate surface area is 132 Å². The van der Waals surface area contributed by atoms with Crippen molar-refractivity contribution in [3.05, 3.63) is 71.0 Å². The van der Waals surface area contributed by atoms with Gasteiger partial charge in [-0.25, -0.2) is 9.82 Å². The smallest absolute Gasteiger partial charge is 0.258 e. The van der Waals surface area contributed by atoms with Crippen LogP contribution in [0.2, 0.25) is 0 Å². The van der Waals surface area contributed by atoms with Gasteiger partial charge in [0.25, 0.3) is 11.8 Å². The third kappa shape index (κ3) is 3.22. The Hall–Kier alpha value is -2.73. The molecule has 0 spiro atoms. The Kier molecular flexibility index (Phi) is 4.08. The maximum atomic E-state index is 12.9. The van der Waals surface area contributed by atoms with Crippen LogP contribution >= 0.6 is 0 Å². The van der Waals surface area contributed by atoms with Gasteiger partial charge in [0.15, 0.2) is 0 Å². The summed E-state index contributed by atoms with van der Waals surface area (Å²) < 4.78 is 12.9. The molecule has 0 bridgehead atoms. The van der Waals surface area contributed by atoms with E-state index in [0.717, 1.165) is 11.1 Å². The SMILES string of the molecule is Cc1ccc([C@@H]2NNC(=O)[C@@H]2NC(=O)c2ccc(F)cc2)cc1. The van der Waals surface area contributed by atoms with Crippen LogP contribution in [0, 0.1) is 12.7 Å². The average Bonchev–Trinajstić information content (AvgIpc) is 2.90. The second-order valence-corrected chi connectivity index (χ2v) is 5.48. The molecule has 3 rings (SSSR count). The molecule has 2 atom stereocenters. The average molecular weight is 313 g/mol. The van der Waals surface area contributed by atoms with Crippen molar-refractivity contribution in [3.63, 3.8) is 0 Å². The Bertz CT molecular complexity index is 729. The Morgan fingerprint density at radius 2 is 1.74 bits per heavy atom.